The Morgan fingerprint density at radius 2 is 2.40 bits per heavy atom. The predicted molar refractivity (Wildman–Crippen MR) is 41.5 cm³/mol. The van der Waals surface area contributed by atoms with Gasteiger partial charge in [0.25, 0.3) is 0 Å². The molecule has 0 saturated heterocycles. The fraction of sp³-hybridized carbons (Fsp3) is 0.500. The number of aryl methyl sites for hydroxylation is 1. The number of hydrogen-bond donors (Lipinski definition) is 1. The van der Waals surface area contributed by atoms with Crippen molar-refractivity contribution in [1.29, 1.82) is 0 Å². The van der Waals surface area contributed by atoms with Crippen LogP contribution in [0.15, 0.2) is 10.7 Å². The van der Waals surface area contributed by atoms with E-state index in [2.05, 4.69) is 21.0 Å². The van der Waals surface area contributed by atoms with E-state index in [1.165, 1.54) is 0 Å². The highest BCUT2D eigenvalue weighted by Gasteiger charge is 2.06. The van der Waals surface area contributed by atoms with E-state index >= 15 is 0 Å². The highest BCUT2D eigenvalue weighted by Crippen LogP contribution is 2.15. The van der Waals surface area contributed by atoms with E-state index in [0.29, 0.717) is 0 Å². The lowest BCUT2D eigenvalue weighted by atomic mass is 10.3. The van der Waals surface area contributed by atoms with Gasteiger partial charge in [0.15, 0.2) is 0 Å². The molecular weight excluding hydrogens is 196 g/mol. The third kappa shape index (κ3) is 1.38. The molecule has 0 spiro atoms. The Morgan fingerprint density at radius 3 is 2.60 bits per heavy atom. The minimum Gasteiger partial charge on any atom is -0.387 e. The molecule has 1 heterocycles. The van der Waals surface area contributed by atoms with Crippen molar-refractivity contribution in [3.05, 3.63) is 16.4 Å². The third-order valence-corrected chi connectivity index (χ3v) is 1.70. The first kappa shape index (κ1) is 7.75. The maximum atomic E-state index is 9.14. The van der Waals surface area contributed by atoms with Crippen molar-refractivity contribution in [3.63, 3.8) is 0 Å². The molecule has 0 unspecified atom stereocenters. The molecule has 0 saturated carbocycles. The molecule has 56 valence electrons. The van der Waals surface area contributed by atoms with Crippen LogP contribution in [-0.2, 0) is 7.05 Å². The summed E-state index contributed by atoms with van der Waals surface area (Å²) in [5.74, 6) is 0. The average Bonchev–Trinajstić information content (AvgIpc) is 2.10. The van der Waals surface area contributed by atoms with Crippen molar-refractivity contribution in [1.82, 2.24) is 9.78 Å². The van der Waals surface area contributed by atoms with Gasteiger partial charge in [-0.3, -0.25) is 4.68 Å². The first-order chi connectivity index (χ1) is 4.61. The fourth-order valence-electron chi connectivity index (χ4n) is 0.836. The number of nitrogens with zero attached hydrogens (tertiary/aromatic N) is 2. The highest BCUT2D eigenvalue weighted by atomic mass is 79.9. The lowest BCUT2D eigenvalue weighted by Gasteiger charge is -2.01. The van der Waals surface area contributed by atoms with Gasteiger partial charge in [-0.15, -0.1) is 0 Å². The van der Waals surface area contributed by atoms with Crippen molar-refractivity contribution in [2.45, 2.75) is 13.0 Å². The van der Waals surface area contributed by atoms with Crippen LogP contribution in [0, 0.1) is 0 Å². The molecule has 1 atom stereocenters. The molecule has 1 aromatic rings. The van der Waals surface area contributed by atoms with Gasteiger partial charge in [-0.25, -0.2) is 0 Å². The largest absolute Gasteiger partial charge is 0.387 e. The molecule has 4 heteroatoms. The zero-order chi connectivity index (χ0) is 7.72. The van der Waals surface area contributed by atoms with Gasteiger partial charge in [0.05, 0.1) is 11.8 Å². The topological polar surface area (TPSA) is 38.1 Å². The Balaban J connectivity index is 3.03. The molecule has 0 fully saturated rings. The summed E-state index contributed by atoms with van der Waals surface area (Å²) in [5, 5.41) is 13.1. The molecule has 1 aromatic heterocycles. The molecule has 0 aliphatic heterocycles. The molecule has 0 aliphatic rings. The Morgan fingerprint density at radius 1 is 1.80 bits per heavy atom. The van der Waals surface area contributed by atoms with Crippen molar-refractivity contribution in [3.8, 4) is 0 Å². The predicted octanol–water partition coefficient (Wildman–Crippen LogP) is 1.24. The Labute approximate surface area is 67.8 Å². The first-order valence-electron chi connectivity index (χ1n) is 2.98. The number of rotatable bonds is 1. The minimum atomic E-state index is -0.455. The van der Waals surface area contributed by atoms with Gasteiger partial charge in [-0.1, -0.05) is 0 Å². The van der Waals surface area contributed by atoms with Crippen LogP contribution in [0.25, 0.3) is 0 Å². The second kappa shape index (κ2) is 2.72. The lowest BCUT2D eigenvalue weighted by Crippen LogP contribution is -2.00. The molecule has 0 bridgehead atoms. The normalized spacial score (nSPS) is 13.6. The van der Waals surface area contributed by atoms with E-state index < -0.39 is 6.10 Å². The van der Waals surface area contributed by atoms with Crippen LogP contribution in [0.3, 0.4) is 0 Å². The number of halogens is 1. The maximum Gasteiger partial charge on any atom is 0.128 e. The second-order valence-corrected chi connectivity index (χ2v) is 3.00. The van der Waals surface area contributed by atoms with E-state index in [1.807, 2.05) is 0 Å². The van der Waals surface area contributed by atoms with Gasteiger partial charge in [0.2, 0.25) is 0 Å². The SMILES string of the molecule is C[C@@H](O)c1cc(Br)nn1C. The van der Waals surface area contributed by atoms with E-state index in [9.17, 15) is 0 Å². The van der Waals surface area contributed by atoms with Crippen molar-refractivity contribution in [2.24, 2.45) is 7.05 Å². The maximum absolute atomic E-state index is 9.14. The van der Waals surface area contributed by atoms with Crippen molar-refractivity contribution < 1.29 is 5.11 Å². The van der Waals surface area contributed by atoms with Gasteiger partial charge < -0.3 is 5.11 Å². The summed E-state index contributed by atoms with van der Waals surface area (Å²) in [5.41, 5.74) is 0.812. The zero-order valence-electron chi connectivity index (χ0n) is 5.87. The number of hydrogen-bond acceptors (Lipinski definition) is 2. The lowest BCUT2D eigenvalue weighted by molar-refractivity contribution is 0.189. The number of aliphatic hydroxyl groups is 1. The van der Waals surface area contributed by atoms with Crippen LogP contribution in [0.2, 0.25) is 0 Å². The van der Waals surface area contributed by atoms with Gasteiger partial charge in [0.1, 0.15) is 4.60 Å². The summed E-state index contributed by atoms with van der Waals surface area (Å²) in [6, 6.07) is 1.80. The minimum absolute atomic E-state index is 0.455. The molecule has 0 aromatic carbocycles. The Hall–Kier alpha value is -0.350. The van der Waals surface area contributed by atoms with Crippen LogP contribution in [0.1, 0.15) is 18.7 Å². The van der Waals surface area contributed by atoms with Crippen LogP contribution in [0.4, 0.5) is 0 Å². The Bertz CT molecular complexity index is 232. The fourth-order valence-corrected chi connectivity index (χ4v) is 1.31. The first-order valence-corrected chi connectivity index (χ1v) is 3.78. The molecule has 10 heavy (non-hydrogen) atoms. The summed E-state index contributed by atoms with van der Waals surface area (Å²) in [6.45, 7) is 1.71. The van der Waals surface area contributed by atoms with Gasteiger partial charge in [-0.05, 0) is 28.9 Å². The van der Waals surface area contributed by atoms with Crippen molar-refractivity contribution in [2.75, 3.05) is 0 Å². The van der Waals surface area contributed by atoms with E-state index in [1.54, 1.807) is 24.7 Å². The summed E-state index contributed by atoms with van der Waals surface area (Å²) < 4.78 is 2.40. The molecule has 1 rings (SSSR count). The summed E-state index contributed by atoms with van der Waals surface area (Å²) in [7, 11) is 1.80. The van der Waals surface area contributed by atoms with Crippen LogP contribution < -0.4 is 0 Å². The van der Waals surface area contributed by atoms with E-state index in [4.69, 9.17) is 5.11 Å². The molecule has 0 amide bonds. The van der Waals surface area contributed by atoms with E-state index in [-0.39, 0.29) is 0 Å². The number of aliphatic hydroxyl groups excluding tert-OH is 1. The van der Waals surface area contributed by atoms with Crippen LogP contribution in [0.5, 0.6) is 0 Å². The Kier molecular flexibility index (Phi) is 2.11. The van der Waals surface area contributed by atoms with Crippen LogP contribution in [-0.4, -0.2) is 14.9 Å². The third-order valence-electron chi connectivity index (χ3n) is 1.31. The molecule has 0 radical (unpaired) electrons. The van der Waals surface area contributed by atoms with Crippen molar-refractivity contribution >= 4 is 15.9 Å². The molecule has 3 nitrogen and oxygen atoms in total. The van der Waals surface area contributed by atoms with Crippen LogP contribution >= 0.6 is 15.9 Å². The monoisotopic (exact) mass is 204 g/mol. The average molecular weight is 205 g/mol. The summed E-state index contributed by atoms with van der Waals surface area (Å²) in [4.78, 5) is 0. The number of aromatic nitrogens is 2. The second-order valence-electron chi connectivity index (χ2n) is 2.19. The van der Waals surface area contributed by atoms with Gasteiger partial charge in [0, 0.05) is 7.05 Å². The summed E-state index contributed by atoms with van der Waals surface area (Å²) >= 11 is 3.21. The highest BCUT2D eigenvalue weighted by molar-refractivity contribution is 9.10. The standard InChI is InChI=1S/C6H9BrN2O/c1-4(10)5-3-6(7)8-9(5)2/h3-4,10H,1-2H3/t4-/m1/s1. The zero-order valence-corrected chi connectivity index (χ0v) is 7.46. The van der Waals surface area contributed by atoms with Gasteiger partial charge >= 0.3 is 0 Å². The smallest absolute Gasteiger partial charge is 0.128 e. The quantitative estimate of drug-likeness (QED) is 0.748. The summed E-state index contributed by atoms with van der Waals surface area (Å²) in [6.07, 6.45) is -0.455. The molecule has 1 N–H and O–H groups in total. The van der Waals surface area contributed by atoms with E-state index in [0.717, 1.165) is 10.3 Å². The van der Waals surface area contributed by atoms with Gasteiger partial charge in [-0.2, -0.15) is 5.10 Å². The molecular formula is C6H9BrN2O. The molecule has 0 aliphatic carbocycles.